The number of anilines is 2. The average Bonchev–Trinajstić information content (AvgIpc) is 2.37. The highest BCUT2D eigenvalue weighted by Crippen LogP contribution is 2.26. The number of carbonyl (C=O) groups excluding carboxylic acids is 1. The second-order valence-corrected chi connectivity index (χ2v) is 5.20. The molecular formula is C14H18N4O. The van der Waals surface area contributed by atoms with Crippen LogP contribution in [0.2, 0.25) is 0 Å². The molecule has 0 atom stereocenters. The van der Waals surface area contributed by atoms with Crippen molar-refractivity contribution >= 4 is 28.2 Å². The van der Waals surface area contributed by atoms with E-state index in [2.05, 4.69) is 10.3 Å². The van der Waals surface area contributed by atoms with Gasteiger partial charge in [0.1, 0.15) is 0 Å². The van der Waals surface area contributed by atoms with Gasteiger partial charge in [-0.3, -0.25) is 9.78 Å². The van der Waals surface area contributed by atoms with E-state index in [0.717, 1.165) is 16.6 Å². The van der Waals surface area contributed by atoms with Gasteiger partial charge in [-0.25, -0.2) is 0 Å². The number of amides is 1. The molecule has 0 spiro atoms. The SMILES string of the molecule is CC(C)(CNc1ccnc2c(N)cccc12)C(N)=O. The first kappa shape index (κ1) is 13.1. The lowest BCUT2D eigenvalue weighted by molar-refractivity contribution is -0.125. The first-order valence-electron chi connectivity index (χ1n) is 6.09. The Morgan fingerprint density at radius 1 is 1.37 bits per heavy atom. The van der Waals surface area contributed by atoms with Crippen molar-refractivity contribution in [3.63, 3.8) is 0 Å². The lowest BCUT2D eigenvalue weighted by atomic mass is 9.92. The molecule has 0 saturated carbocycles. The molecule has 2 aromatic rings. The molecule has 0 aliphatic rings. The van der Waals surface area contributed by atoms with E-state index in [-0.39, 0.29) is 5.91 Å². The quantitative estimate of drug-likeness (QED) is 0.728. The zero-order valence-electron chi connectivity index (χ0n) is 11.1. The van der Waals surface area contributed by atoms with Crippen LogP contribution in [0, 0.1) is 5.41 Å². The Labute approximate surface area is 112 Å². The summed E-state index contributed by atoms with van der Waals surface area (Å²) in [4.78, 5) is 15.6. The largest absolute Gasteiger partial charge is 0.397 e. The minimum absolute atomic E-state index is 0.335. The van der Waals surface area contributed by atoms with E-state index >= 15 is 0 Å². The predicted molar refractivity (Wildman–Crippen MR) is 77.6 cm³/mol. The molecule has 1 aromatic heterocycles. The molecule has 0 fully saturated rings. The monoisotopic (exact) mass is 258 g/mol. The lowest BCUT2D eigenvalue weighted by Gasteiger charge is -2.22. The molecule has 0 bridgehead atoms. The van der Waals surface area contributed by atoms with Gasteiger partial charge in [0.2, 0.25) is 5.91 Å². The van der Waals surface area contributed by atoms with Crippen molar-refractivity contribution in [3.05, 3.63) is 30.5 Å². The number of hydrogen-bond donors (Lipinski definition) is 3. The first-order chi connectivity index (χ1) is 8.92. The summed E-state index contributed by atoms with van der Waals surface area (Å²) >= 11 is 0. The van der Waals surface area contributed by atoms with Crippen LogP contribution in [0.5, 0.6) is 0 Å². The maximum Gasteiger partial charge on any atom is 0.224 e. The Bertz CT molecular complexity index is 622. The van der Waals surface area contributed by atoms with Gasteiger partial charge in [0.05, 0.1) is 16.6 Å². The number of nitrogens with one attached hydrogen (secondary N) is 1. The topological polar surface area (TPSA) is 94.0 Å². The summed E-state index contributed by atoms with van der Waals surface area (Å²) in [5.74, 6) is -0.335. The Kier molecular flexibility index (Phi) is 3.29. The van der Waals surface area contributed by atoms with Crippen molar-refractivity contribution in [1.29, 1.82) is 0 Å². The van der Waals surface area contributed by atoms with Crippen LogP contribution in [-0.4, -0.2) is 17.4 Å². The van der Waals surface area contributed by atoms with Crippen LogP contribution < -0.4 is 16.8 Å². The third-order valence-corrected chi connectivity index (χ3v) is 3.19. The van der Waals surface area contributed by atoms with Gasteiger partial charge in [-0.15, -0.1) is 0 Å². The Morgan fingerprint density at radius 2 is 2.11 bits per heavy atom. The Morgan fingerprint density at radius 3 is 2.79 bits per heavy atom. The van der Waals surface area contributed by atoms with Crippen LogP contribution in [0.25, 0.3) is 10.9 Å². The second kappa shape index (κ2) is 4.76. The highest BCUT2D eigenvalue weighted by atomic mass is 16.1. The third kappa shape index (κ3) is 2.59. The molecule has 100 valence electrons. The van der Waals surface area contributed by atoms with Crippen molar-refractivity contribution in [2.75, 3.05) is 17.6 Å². The van der Waals surface area contributed by atoms with E-state index in [1.54, 1.807) is 20.0 Å². The summed E-state index contributed by atoms with van der Waals surface area (Å²) in [5.41, 5.74) is 12.9. The van der Waals surface area contributed by atoms with Crippen LogP contribution in [0.4, 0.5) is 11.4 Å². The molecule has 0 radical (unpaired) electrons. The number of para-hydroxylation sites is 1. The van der Waals surface area contributed by atoms with Crippen LogP contribution in [0.1, 0.15) is 13.8 Å². The number of rotatable bonds is 4. The molecule has 0 aliphatic heterocycles. The molecule has 19 heavy (non-hydrogen) atoms. The van der Waals surface area contributed by atoms with Crippen LogP contribution >= 0.6 is 0 Å². The maximum absolute atomic E-state index is 11.3. The lowest BCUT2D eigenvalue weighted by Crippen LogP contribution is -2.37. The number of nitrogens with zero attached hydrogens (tertiary/aromatic N) is 1. The second-order valence-electron chi connectivity index (χ2n) is 5.20. The fraction of sp³-hybridized carbons (Fsp3) is 0.286. The van der Waals surface area contributed by atoms with Gasteiger partial charge in [0.15, 0.2) is 0 Å². The highest BCUT2D eigenvalue weighted by molar-refractivity contribution is 5.97. The summed E-state index contributed by atoms with van der Waals surface area (Å²) in [6.07, 6.45) is 1.69. The van der Waals surface area contributed by atoms with Gasteiger partial charge in [-0.1, -0.05) is 12.1 Å². The van der Waals surface area contributed by atoms with Crippen LogP contribution in [-0.2, 0) is 4.79 Å². The number of aromatic nitrogens is 1. The fourth-order valence-electron chi connectivity index (χ4n) is 1.76. The van der Waals surface area contributed by atoms with Crippen molar-refractivity contribution in [2.45, 2.75) is 13.8 Å². The molecule has 1 aromatic carbocycles. The van der Waals surface area contributed by atoms with Crippen molar-refractivity contribution in [2.24, 2.45) is 11.1 Å². The minimum atomic E-state index is -0.615. The molecule has 0 aliphatic carbocycles. The van der Waals surface area contributed by atoms with Gasteiger partial charge < -0.3 is 16.8 Å². The number of carbonyl (C=O) groups is 1. The number of pyridine rings is 1. The fourth-order valence-corrected chi connectivity index (χ4v) is 1.76. The van der Waals surface area contributed by atoms with E-state index in [0.29, 0.717) is 12.2 Å². The molecule has 0 unspecified atom stereocenters. The molecule has 0 saturated heterocycles. The molecule has 1 heterocycles. The number of nitrogen functional groups attached to an aromatic ring is 1. The molecule has 2 rings (SSSR count). The average molecular weight is 258 g/mol. The summed E-state index contributed by atoms with van der Waals surface area (Å²) in [5, 5.41) is 4.17. The van der Waals surface area contributed by atoms with Gasteiger partial charge >= 0.3 is 0 Å². The number of primary amides is 1. The zero-order chi connectivity index (χ0) is 14.0. The highest BCUT2D eigenvalue weighted by Gasteiger charge is 2.24. The van der Waals surface area contributed by atoms with E-state index in [1.165, 1.54) is 0 Å². The standard InChI is InChI=1S/C14H18N4O/c1-14(2,13(16)19)8-18-11-6-7-17-12-9(11)4-3-5-10(12)15/h3-7H,8,15H2,1-2H3,(H2,16,19)(H,17,18). The molecule has 5 nitrogen and oxygen atoms in total. The summed E-state index contributed by atoms with van der Waals surface area (Å²) < 4.78 is 0. The number of nitrogens with two attached hydrogens (primary N) is 2. The van der Waals surface area contributed by atoms with Gasteiger partial charge in [-0.2, -0.15) is 0 Å². The van der Waals surface area contributed by atoms with Gasteiger partial charge in [-0.05, 0) is 26.0 Å². The maximum atomic E-state index is 11.3. The van der Waals surface area contributed by atoms with E-state index < -0.39 is 5.41 Å². The van der Waals surface area contributed by atoms with Crippen molar-refractivity contribution < 1.29 is 4.79 Å². The summed E-state index contributed by atoms with van der Waals surface area (Å²) in [7, 11) is 0. The number of hydrogen-bond acceptors (Lipinski definition) is 4. The number of fused-ring (bicyclic) bond motifs is 1. The molecule has 1 amide bonds. The molecule has 5 N–H and O–H groups in total. The van der Waals surface area contributed by atoms with Crippen molar-refractivity contribution in [1.82, 2.24) is 4.98 Å². The molecular weight excluding hydrogens is 240 g/mol. The van der Waals surface area contributed by atoms with Crippen molar-refractivity contribution in [3.8, 4) is 0 Å². The van der Waals surface area contributed by atoms with Crippen LogP contribution in [0.15, 0.2) is 30.5 Å². The Hall–Kier alpha value is -2.30. The van der Waals surface area contributed by atoms with E-state index in [4.69, 9.17) is 11.5 Å². The minimum Gasteiger partial charge on any atom is -0.397 e. The normalized spacial score (nSPS) is 11.5. The van der Waals surface area contributed by atoms with Gasteiger partial charge in [0.25, 0.3) is 0 Å². The summed E-state index contributed by atoms with van der Waals surface area (Å²) in [6.45, 7) is 4.07. The first-order valence-corrected chi connectivity index (χ1v) is 6.09. The molecule has 5 heteroatoms. The number of benzene rings is 1. The zero-order valence-corrected chi connectivity index (χ0v) is 11.1. The Balaban J connectivity index is 2.32. The van der Waals surface area contributed by atoms with Gasteiger partial charge in [0, 0.05) is 23.8 Å². The smallest absolute Gasteiger partial charge is 0.224 e. The summed E-state index contributed by atoms with van der Waals surface area (Å²) in [6, 6.07) is 7.49. The van der Waals surface area contributed by atoms with E-state index in [9.17, 15) is 4.79 Å². The third-order valence-electron chi connectivity index (χ3n) is 3.19. The predicted octanol–water partition coefficient (Wildman–Crippen LogP) is 1.74. The van der Waals surface area contributed by atoms with Crippen LogP contribution in [0.3, 0.4) is 0 Å². The van der Waals surface area contributed by atoms with E-state index in [1.807, 2.05) is 24.3 Å².